The molecule has 5 fully saturated rings. The molecule has 4 bridgehead atoms. The molecule has 0 spiro atoms. The van der Waals surface area contributed by atoms with E-state index < -0.39 is 11.9 Å². The second-order valence-corrected chi connectivity index (χ2v) is 11.6. The second kappa shape index (κ2) is 9.59. The van der Waals surface area contributed by atoms with E-state index in [1.807, 2.05) is 56.3 Å². The lowest BCUT2D eigenvalue weighted by atomic mass is 9.54. The highest BCUT2D eigenvalue weighted by atomic mass is 16.8. The lowest BCUT2D eigenvalue weighted by molar-refractivity contribution is -0.220. The van der Waals surface area contributed by atoms with E-state index in [2.05, 4.69) is 18.2 Å². The number of methoxy groups -OCH3 is 1. The van der Waals surface area contributed by atoms with Gasteiger partial charge in [0.25, 0.3) is 0 Å². The molecule has 2 unspecified atom stereocenters. The molecule has 7 rings (SSSR count). The summed E-state index contributed by atoms with van der Waals surface area (Å²) >= 11 is 0. The number of carbonyl (C=O) groups is 1. The van der Waals surface area contributed by atoms with E-state index >= 15 is 0 Å². The maximum atomic E-state index is 13.6. The summed E-state index contributed by atoms with van der Waals surface area (Å²) in [7, 11) is 1.69. The molecule has 2 aromatic rings. The van der Waals surface area contributed by atoms with E-state index in [-0.39, 0.29) is 24.1 Å². The highest BCUT2D eigenvalue weighted by molar-refractivity contribution is 5.76. The highest BCUT2D eigenvalue weighted by Crippen LogP contribution is 2.57. The van der Waals surface area contributed by atoms with Crippen molar-refractivity contribution in [3.05, 3.63) is 70.6 Å². The summed E-state index contributed by atoms with van der Waals surface area (Å²) in [5.41, 5.74) is 0.554. The molecule has 5 aliphatic rings. The third-order valence-corrected chi connectivity index (χ3v) is 9.23. The molecule has 1 heterocycles. The minimum absolute atomic E-state index is 0.156. The van der Waals surface area contributed by atoms with E-state index in [4.69, 9.17) is 18.9 Å². The third kappa shape index (κ3) is 4.30. The van der Waals surface area contributed by atoms with Gasteiger partial charge in [0.1, 0.15) is 11.4 Å². The molecule has 0 aromatic heterocycles. The Labute approximate surface area is 219 Å². The standard InChI is InChI=1S/C32H38O5/c1-4-25-10-8-9-13-27(25)29(34-3)21(2)32(26-11-6-5-7-12-26)35-20-28(36-32)30(33)37-31-17-22-14-23(18-31)16-24(15-22)19-31/h4-13,21-24,28H,14-20H2,1-3H3/b25-4-,29-27+/t21?,22?,23?,24?,28?,31?,32-/m0/s1. The maximum absolute atomic E-state index is 13.6. The van der Waals surface area contributed by atoms with E-state index in [1.165, 1.54) is 19.3 Å². The molecule has 5 heteroatoms. The van der Waals surface area contributed by atoms with Crippen molar-refractivity contribution >= 4 is 17.8 Å². The molecule has 5 nitrogen and oxygen atoms in total. The molecule has 196 valence electrons. The van der Waals surface area contributed by atoms with Crippen LogP contribution in [0.4, 0.5) is 0 Å². The number of esters is 1. The predicted molar refractivity (Wildman–Crippen MR) is 141 cm³/mol. The average Bonchev–Trinajstić information content (AvgIpc) is 3.36. The van der Waals surface area contributed by atoms with Gasteiger partial charge in [0.15, 0.2) is 6.10 Å². The van der Waals surface area contributed by atoms with Crippen LogP contribution in [0.2, 0.25) is 0 Å². The van der Waals surface area contributed by atoms with Crippen molar-refractivity contribution in [3.8, 4) is 0 Å². The Morgan fingerprint density at radius 3 is 2.22 bits per heavy atom. The summed E-state index contributed by atoms with van der Waals surface area (Å²) in [6.45, 7) is 4.22. The Bertz CT molecular complexity index is 1230. The van der Waals surface area contributed by atoms with Crippen molar-refractivity contribution in [1.29, 1.82) is 0 Å². The van der Waals surface area contributed by atoms with Crippen LogP contribution in [0.15, 0.2) is 54.6 Å². The zero-order valence-electron chi connectivity index (χ0n) is 22.2. The fraction of sp³-hybridized carbons (Fsp3) is 0.531. The number of hydrogen-bond donors (Lipinski definition) is 0. The first-order chi connectivity index (χ1) is 17.9. The van der Waals surface area contributed by atoms with E-state index in [9.17, 15) is 4.79 Å². The van der Waals surface area contributed by atoms with Gasteiger partial charge in [-0.1, -0.05) is 60.7 Å². The number of carbonyl (C=O) groups excluding carboxylic acids is 1. The van der Waals surface area contributed by atoms with E-state index in [0.29, 0.717) is 17.8 Å². The minimum Gasteiger partial charge on any atom is -0.500 e. The van der Waals surface area contributed by atoms with Gasteiger partial charge in [-0.15, -0.1) is 0 Å². The van der Waals surface area contributed by atoms with Crippen molar-refractivity contribution in [2.24, 2.45) is 23.7 Å². The quantitative estimate of drug-likeness (QED) is 0.538. The zero-order valence-corrected chi connectivity index (χ0v) is 22.2. The Morgan fingerprint density at radius 2 is 1.59 bits per heavy atom. The van der Waals surface area contributed by atoms with E-state index in [0.717, 1.165) is 41.0 Å². The number of hydrogen-bond acceptors (Lipinski definition) is 5. The summed E-state index contributed by atoms with van der Waals surface area (Å²) in [4.78, 5) is 13.6. The van der Waals surface area contributed by atoms with Crippen LogP contribution < -0.4 is 10.4 Å². The summed E-state index contributed by atoms with van der Waals surface area (Å²) < 4.78 is 25.5. The second-order valence-electron chi connectivity index (χ2n) is 11.6. The van der Waals surface area contributed by atoms with Gasteiger partial charge in [0, 0.05) is 10.8 Å². The van der Waals surface area contributed by atoms with Crippen LogP contribution in [0, 0.1) is 23.7 Å². The largest absolute Gasteiger partial charge is 0.500 e. The highest BCUT2D eigenvalue weighted by Gasteiger charge is 2.56. The predicted octanol–water partition coefficient (Wildman–Crippen LogP) is 4.66. The minimum atomic E-state index is -1.17. The zero-order chi connectivity index (χ0) is 25.6. The first-order valence-electron chi connectivity index (χ1n) is 13.8. The number of benzene rings is 2. The van der Waals surface area contributed by atoms with Gasteiger partial charge in [0.2, 0.25) is 5.79 Å². The van der Waals surface area contributed by atoms with Crippen LogP contribution in [0.5, 0.6) is 0 Å². The molecule has 0 amide bonds. The SMILES string of the molecule is C/C=c1/cccc/c1=C(\OC)C(C)[C@]1(c2ccccc2)OCC(C(=O)OC23CC4CC(CC(C4)C2)C3)O1. The van der Waals surface area contributed by atoms with Gasteiger partial charge in [-0.05, 0) is 75.3 Å². The van der Waals surface area contributed by atoms with Crippen LogP contribution in [0.3, 0.4) is 0 Å². The Hall–Kier alpha value is -2.63. The molecule has 4 saturated carbocycles. The molecule has 0 radical (unpaired) electrons. The van der Waals surface area contributed by atoms with Crippen LogP contribution >= 0.6 is 0 Å². The molecule has 37 heavy (non-hydrogen) atoms. The summed E-state index contributed by atoms with van der Waals surface area (Å²) in [6, 6.07) is 18.0. The van der Waals surface area contributed by atoms with Gasteiger partial charge >= 0.3 is 5.97 Å². The van der Waals surface area contributed by atoms with Crippen molar-refractivity contribution in [2.45, 2.75) is 69.9 Å². The van der Waals surface area contributed by atoms with Crippen molar-refractivity contribution < 1.29 is 23.7 Å². The lowest BCUT2D eigenvalue weighted by Crippen LogP contribution is -2.53. The normalized spacial score (nSPS) is 36.4. The first-order valence-corrected chi connectivity index (χ1v) is 13.8. The van der Waals surface area contributed by atoms with Gasteiger partial charge in [-0.2, -0.15) is 0 Å². The monoisotopic (exact) mass is 502 g/mol. The smallest absolute Gasteiger partial charge is 0.338 e. The van der Waals surface area contributed by atoms with Crippen molar-refractivity contribution in [1.82, 2.24) is 0 Å². The molecule has 1 saturated heterocycles. The Morgan fingerprint density at radius 1 is 0.973 bits per heavy atom. The Balaban J connectivity index is 1.32. The number of rotatable bonds is 6. The fourth-order valence-corrected chi connectivity index (χ4v) is 7.99. The average molecular weight is 503 g/mol. The molecule has 4 aliphatic carbocycles. The Kier molecular flexibility index (Phi) is 6.40. The molecular formula is C32H38O5. The van der Waals surface area contributed by atoms with Gasteiger partial charge in [-0.3, -0.25) is 0 Å². The number of ether oxygens (including phenoxy) is 4. The molecular weight excluding hydrogens is 464 g/mol. The van der Waals surface area contributed by atoms with Crippen LogP contribution in [0.25, 0.3) is 11.8 Å². The van der Waals surface area contributed by atoms with Gasteiger partial charge < -0.3 is 18.9 Å². The molecule has 0 N–H and O–H groups in total. The first kappa shape index (κ1) is 24.7. The lowest BCUT2D eigenvalue weighted by Gasteiger charge is -2.55. The molecule has 1 aliphatic heterocycles. The van der Waals surface area contributed by atoms with Crippen molar-refractivity contribution in [2.75, 3.05) is 13.7 Å². The van der Waals surface area contributed by atoms with Crippen LogP contribution in [-0.2, 0) is 29.5 Å². The van der Waals surface area contributed by atoms with Gasteiger partial charge in [-0.25, -0.2) is 4.79 Å². The van der Waals surface area contributed by atoms with Crippen LogP contribution in [-0.4, -0.2) is 31.4 Å². The van der Waals surface area contributed by atoms with E-state index in [1.54, 1.807) is 7.11 Å². The molecule has 3 atom stereocenters. The van der Waals surface area contributed by atoms with Crippen LogP contribution in [0.1, 0.15) is 57.9 Å². The summed E-state index contributed by atoms with van der Waals surface area (Å²) in [6.07, 6.45) is 8.22. The summed E-state index contributed by atoms with van der Waals surface area (Å²) in [5, 5.41) is 2.06. The summed E-state index contributed by atoms with van der Waals surface area (Å²) in [5.74, 6) is 1.10. The van der Waals surface area contributed by atoms with Gasteiger partial charge in [0.05, 0.1) is 19.6 Å². The fourth-order valence-electron chi connectivity index (χ4n) is 7.99. The maximum Gasteiger partial charge on any atom is 0.338 e. The molecule has 2 aromatic carbocycles. The third-order valence-electron chi connectivity index (χ3n) is 9.23. The topological polar surface area (TPSA) is 54.0 Å². The van der Waals surface area contributed by atoms with Crippen molar-refractivity contribution in [3.63, 3.8) is 0 Å².